The third-order valence-electron chi connectivity index (χ3n) is 5.50. The van der Waals surface area contributed by atoms with Crippen molar-refractivity contribution in [3.8, 4) is 5.75 Å². The molecule has 0 saturated carbocycles. The molecule has 4 rings (SSSR count). The Morgan fingerprint density at radius 1 is 1.24 bits per heavy atom. The Labute approximate surface area is 198 Å². The number of fused-ring (bicyclic) bond motifs is 1. The number of thiophene rings is 1. The van der Waals surface area contributed by atoms with E-state index in [0.29, 0.717) is 18.2 Å². The van der Waals surface area contributed by atoms with Gasteiger partial charge in [-0.3, -0.25) is 9.59 Å². The number of hydrogen-bond donors (Lipinski definition) is 0. The number of amides is 1. The van der Waals surface area contributed by atoms with Gasteiger partial charge in [-0.25, -0.2) is 8.78 Å². The van der Waals surface area contributed by atoms with E-state index >= 15 is 0 Å². The Hall–Kier alpha value is -2.55. The molecule has 1 aliphatic rings. The molecule has 2 aromatic carbocycles. The Kier molecular flexibility index (Phi) is 7.26. The highest BCUT2D eigenvalue weighted by atomic mass is 35.5. The summed E-state index contributed by atoms with van der Waals surface area (Å²) in [6.07, 6.45) is -0.163. The zero-order chi connectivity index (χ0) is 23.5. The van der Waals surface area contributed by atoms with Crippen molar-refractivity contribution in [3.05, 3.63) is 63.5 Å². The minimum Gasteiger partial charge on any atom is -0.485 e. The molecular formula is C24H22ClF2NO4S. The maximum absolute atomic E-state index is 14.3. The molecule has 1 atom stereocenters. The highest BCUT2D eigenvalue weighted by Crippen LogP contribution is 2.29. The Balaban J connectivity index is 1.38. The van der Waals surface area contributed by atoms with Gasteiger partial charge in [0.1, 0.15) is 12.7 Å². The number of carbonyl (C=O) groups is 2. The minimum atomic E-state index is -0.946. The molecule has 9 heteroatoms. The monoisotopic (exact) mass is 493 g/mol. The van der Waals surface area contributed by atoms with Gasteiger partial charge >= 0.3 is 0 Å². The third-order valence-corrected chi connectivity index (χ3v) is 6.75. The van der Waals surface area contributed by atoms with E-state index in [4.69, 9.17) is 21.1 Å². The summed E-state index contributed by atoms with van der Waals surface area (Å²) in [6.45, 7) is 2.46. The summed E-state index contributed by atoms with van der Waals surface area (Å²) in [6, 6.07) is 7.55. The zero-order valence-electron chi connectivity index (χ0n) is 17.9. The third kappa shape index (κ3) is 5.34. The zero-order valence-corrected chi connectivity index (χ0v) is 19.5. The maximum Gasteiger partial charge on any atom is 0.227 e. The molecule has 0 N–H and O–H groups in total. The van der Waals surface area contributed by atoms with E-state index in [1.165, 1.54) is 0 Å². The van der Waals surface area contributed by atoms with Gasteiger partial charge in [-0.2, -0.15) is 0 Å². The molecule has 0 radical (unpaired) electrons. The van der Waals surface area contributed by atoms with E-state index in [-0.39, 0.29) is 43.2 Å². The van der Waals surface area contributed by atoms with Gasteiger partial charge in [0.25, 0.3) is 0 Å². The number of morpholine rings is 1. The smallest absolute Gasteiger partial charge is 0.227 e. The standard InChI is InChI=1S/C24H22ClF2NO4S/c1-2-21(29)14-7-19(26)24(20(27)8-14)32-12-17-11-28(5-6-31-17)23(30)9-15-13-33-22-4-3-16(25)10-18(15)22/h3-4,7-8,10,13,17H,2,5-6,9,11-12H2,1H3. The van der Waals surface area contributed by atoms with Crippen molar-refractivity contribution in [1.82, 2.24) is 4.90 Å². The Morgan fingerprint density at radius 3 is 2.73 bits per heavy atom. The van der Waals surface area contributed by atoms with Crippen LogP contribution in [0.1, 0.15) is 29.3 Å². The highest BCUT2D eigenvalue weighted by Gasteiger charge is 2.26. The quantitative estimate of drug-likeness (QED) is 0.420. The molecule has 1 fully saturated rings. The van der Waals surface area contributed by atoms with Crippen LogP contribution in [0.15, 0.2) is 35.7 Å². The van der Waals surface area contributed by atoms with Crippen LogP contribution in [0, 0.1) is 11.6 Å². The fourth-order valence-corrected chi connectivity index (χ4v) is 4.87. The van der Waals surface area contributed by atoms with Crippen LogP contribution in [-0.2, 0) is 16.0 Å². The first-order chi connectivity index (χ1) is 15.9. The number of halogens is 3. The molecule has 174 valence electrons. The number of carbonyl (C=O) groups excluding carboxylic acids is 2. The minimum absolute atomic E-state index is 0.0345. The van der Waals surface area contributed by atoms with Gasteiger partial charge in [0.05, 0.1) is 19.6 Å². The van der Waals surface area contributed by atoms with E-state index < -0.39 is 23.5 Å². The van der Waals surface area contributed by atoms with Gasteiger partial charge in [0, 0.05) is 28.3 Å². The molecule has 33 heavy (non-hydrogen) atoms. The Bertz CT molecular complexity index is 1180. The Morgan fingerprint density at radius 2 is 2.00 bits per heavy atom. The number of hydrogen-bond acceptors (Lipinski definition) is 5. The van der Waals surface area contributed by atoms with Crippen molar-refractivity contribution in [2.45, 2.75) is 25.9 Å². The van der Waals surface area contributed by atoms with Crippen LogP contribution < -0.4 is 4.74 Å². The molecule has 2 heterocycles. The van der Waals surface area contributed by atoms with Crippen LogP contribution in [0.25, 0.3) is 10.1 Å². The fourth-order valence-electron chi connectivity index (χ4n) is 3.75. The number of benzene rings is 2. The molecule has 0 aliphatic carbocycles. The van der Waals surface area contributed by atoms with Crippen molar-refractivity contribution < 1.29 is 27.8 Å². The van der Waals surface area contributed by atoms with Crippen molar-refractivity contribution in [2.24, 2.45) is 0 Å². The molecule has 1 saturated heterocycles. The predicted octanol–water partition coefficient (Wildman–Crippen LogP) is 5.27. The van der Waals surface area contributed by atoms with Crippen molar-refractivity contribution >= 4 is 44.7 Å². The average molecular weight is 494 g/mol. The first kappa shape index (κ1) is 23.6. The lowest BCUT2D eigenvalue weighted by atomic mass is 10.1. The van der Waals surface area contributed by atoms with Crippen LogP contribution in [0.4, 0.5) is 8.78 Å². The van der Waals surface area contributed by atoms with Gasteiger partial charge in [-0.15, -0.1) is 11.3 Å². The van der Waals surface area contributed by atoms with E-state index in [9.17, 15) is 18.4 Å². The van der Waals surface area contributed by atoms with Gasteiger partial charge in [0.15, 0.2) is 23.2 Å². The number of ether oxygens (including phenoxy) is 2. The predicted molar refractivity (Wildman–Crippen MR) is 123 cm³/mol. The van der Waals surface area contributed by atoms with Gasteiger partial charge in [-0.1, -0.05) is 18.5 Å². The van der Waals surface area contributed by atoms with Crippen LogP contribution in [0.3, 0.4) is 0 Å². The molecule has 3 aromatic rings. The van der Waals surface area contributed by atoms with Crippen LogP contribution in [0.5, 0.6) is 5.75 Å². The summed E-state index contributed by atoms with van der Waals surface area (Å²) in [5, 5.41) is 3.54. The lowest BCUT2D eigenvalue weighted by molar-refractivity contribution is -0.139. The fraction of sp³-hybridized carbons (Fsp3) is 0.333. The SMILES string of the molecule is CCC(=O)c1cc(F)c(OCC2CN(C(=O)Cc3csc4ccc(Cl)cc34)CCO2)c(F)c1. The van der Waals surface area contributed by atoms with Crippen molar-refractivity contribution in [2.75, 3.05) is 26.3 Å². The number of nitrogens with zero attached hydrogens (tertiary/aromatic N) is 1. The molecule has 5 nitrogen and oxygen atoms in total. The summed E-state index contributed by atoms with van der Waals surface area (Å²) in [7, 11) is 0. The van der Waals surface area contributed by atoms with E-state index in [2.05, 4.69) is 0 Å². The molecule has 1 aliphatic heterocycles. The topological polar surface area (TPSA) is 55.8 Å². The lowest BCUT2D eigenvalue weighted by Crippen LogP contribution is -2.48. The summed E-state index contributed by atoms with van der Waals surface area (Å²) in [5.41, 5.74) is 0.875. The molecule has 1 amide bonds. The molecule has 0 spiro atoms. The first-order valence-corrected chi connectivity index (χ1v) is 11.8. The molecule has 1 unspecified atom stereocenters. The van der Waals surface area contributed by atoms with Gasteiger partial charge < -0.3 is 14.4 Å². The molecule has 0 bridgehead atoms. The van der Waals surface area contributed by atoms with Crippen LogP contribution >= 0.6 is 22.9 Å². The second-order valence-corrected chi connectivity index (χ2v) is 9.12. The summed E-state index contributed by atoms with van der Waals surface area (Å²) >= 11 is 7.66. The first-order valence-electron chi connectivity index (χ1n) is 10.6. The second-order valence-electron chi connectivity index (χ2n) is 7.77. The summed E-state index contributed by atoms with van der Waals surface area (Å²) in [5.74, 6) is -2.87. The second kappa shape index (κ2) is 10.2. The molecule has 1 aromatic heterocycles. The summed E-state index contributed by atoms with van der Waals surface area (Å²) < 4.78 is 40.6. The van der Waals surface area contributed by atoms with E-state index in [1.807, 2.05) is 23.6 Å². The van der Waals surface area contributed by atoms with Gasteiger partial charge in [0.2, 0.25) is 5.91 Å². The van der Waals surface area contributed by atoms with E-state index in [1.54, 1.807) is 23.2 Å². The number of Topliss-reactive ketones (excluding diaryl/α,β-unsaturated/α-hetero) is 1. The lowest BCUT2D eigenvalue weighted by Gasteiger charge is -2.33. The number of rotatable bonds is 7. The normalized spacial score (nSPS) is 16.2. The van der Waals surface area contributed by atoms with Crippen molar-refractivity contribution in [1.29, 1.82) is 0 Å². The van der Waals surface area contributed by atoms with Crippen molar-refractivity contribution in [3.63, 3.8) is 0 Å². The summed E-state index contributed by atoms with van der Waals surface area (Å²) in [4.78, 5) is 26.3. The number of ketones is 1. The van der Waals surface area contributed by atoms with Crippen LogP contribution in [0.2, 0.25) is 5.02 Å². The average Bonchev–Trinajstić information content (AvgIpc) is 3.19. The van der Waals surface area contributed by atoms with E-state index in [0.717, 1.165) is 27.8 Å². The largest absolute Gasteiger partial charge is 0.485 e. The highest BCUT2D eigenvalue weighted by molar-refractivity contribution is 7.17. The molecular weight excluding hydrogens is 472 g/mol. The maximum atomic E-state index is 14.3. The van der Waals surface area contributed by atoms with Gasteiger partial charge in [-0.05, 0) is 46.7 Å². The van der Waals surface area contributed by atoms with Crippen LogP contribution in [-0.4, -0.2) is 49.0 Å².